The summed E-state index contributed by atoms with van der Waals surface area (Å²) in [5.41, 5.74) is 39.3. The van der Waals surface area contributed by atoms with Crippen LogP contribution in [0.2, 0.25) is 0 Å². The summed E-state index contributed by atoms with van der Waals surface area (Å²) < 4.78 is 7.11. The minimum atomic E-state index is -0.258. The Kier molecular flexibility index (Phi) is 19.7. The fraction of sp³-hybridized carbons (Fsp3) is 0.0709. The van der Waals surface area contributed by atoms with Gasteiger partial charge in [-0.05, 0) is 136 Å². The van der Waals surface area contributed by atoms with E-state index in [2.05, 4.69) is 466 Å². The number of nitrogens with zero attached hydrogens (tertiary/aromatic N) is 11. The molecular formula is C127H91N11. The van der Waals surface area contributed by atoms with Crippen LogP contribution in [0.3, 0.4) is 0 Å². The predicted molar refractivity (Wildman–Crippen MR) is 566 cm³/mol. The number of hydrogen-bond acceptors (Lipinski definition) is 8. The number of rotatable bonds is 12. The molecule has 0 fully saturated rings. The Morgan fingerprint density at radius 3 is 0.855 bits per heavy atom. The number of aromatic nitrogens is 11. The van der Waals surface area contributed by atoms with Crippen molar-refractivity contribution < 1.29 is 0 Å². The van der Waals surface area contributed by atoms with Crippen molar-refractivity contribution >= 4 is 65.4 Å². The molecule has 654 valence electrons. The van der Waals surface area contributed by atoms with Crippen molar-refractivity contribution in [2.75, 3.05) is 0 Å². The number of fused-ring (bicyclic) bond motifs is 18. The van der Waals surface area contributed by atoms with Gasteiger partial charge in [-0.15, -0.1) is 0 Å². The van der Waals surface area contributed by atoms with Gasteiger partial charge < -0.3 is 13.7 Å². The van der Waals surface area contributed by atoms with Gasteiger partial charge in [0.1, 0.15) is 0 Å². The molecule has 24 aromatic rings. The Labute approximate surface area is 800 Å². The van der Waals surface area contributed by atoms with E-state index in [1.54, 1.807) is 6.20 Å². The summed E-state index contributed by atoms with van der Waals surface area (Å²) in [5, 5.41) is 7.51. The van der Waals surface area contributed by atoms with Crippen molar-refractivity contribution in [3.63, 3.8) is 0 Å². The molecule has 0 N–H and O–H groups in total. The Morgan fingerprint density at radius 2 is 0.486 bits per heavy atom. The van der Waals surface area contributed by atoms with E-state index in [1.807, 2.05) is 36.7 Å². The smallest absolute Gasteiger partial charge is 0.160 e. The first kappa shape index (κ1) is 82.4. The highest BCUT2D eigenvalue weighted by atomic mass is 15.0. The van der Waals surface area contributed by atoms with Crippen LogP contribution < -0.4 is 0 Å². The van der Waals surface area contributed by atoms with Crippen LogP contribution in [-0.4, -0.2) is 53.6 Å². The van der Waals surface area contributed by atoms with Gasteiger partial charge in [-0.25, -0.2) is 29.9 Å². The number of hydrogen-bond donors (Lipinski definition) is 0. The molecule has 11 nitrogen and oxygen atoms in total. The first-order valence-corrected chi connectivity index (χ1v) is 47.3. The topological polar surface area (TPSA) is 118 Å². The summed E-state index contributed by atoms with van der Waals surface area (Å²) in [7, 11) is 0. The fourth-order valence-corrected chi connectivity index (χ4v) is 22.0. The van der Waals surface area contributed by atoms with E-state index in [0.29, 0.717) is 0 Å². The molecule has 16 aromatic carbocycles. The normalized spacial score (nSPS) is 13.2. The molecule has 27 rings (SSSR count). The van der Waals surface area contributed by atoms with E-state index in [-0.39, 0.29) is 16.2 Å². The largest absolute Gasteiger partial charge is 0.309 e. The maximum atomic E-state index is 5.43. The summed E-state index contributed by atoms with van der Waals surface area (Å²) in [6.45, 7) is 13.8. The molecule has 0 bridgehead atoms. The quantitative estimate of drug-likeness (QED) is 0.119. The van der Waals surface area contributed by atoms with Crippen molar-refractivity contribution in [1.82, 2.24) is 53.6 Å². The average molecular weight is 1770 g/mol. The molecule has 0 unspecified atom stereocenters. The zero-order chi connectivity index (χ0) is 92.5. The number of pyridine rings is 2. The summed E-state index contributed by atoms with van der Waals surface area (Å²) in [5.74, 6) is 2.18. The van der Waals surface area contributed by atoms with Crippen LogP contribution in [0.1, 0.15) is 74.9 Å². The molecule has 0 amide bonds. The van der Waals surface area contributed by atoms with Gasteiger partial charge in [0.05, 0.1) is 73.0 Å². The lowest BCUT2D eigenvalue weighted by Crippen LogP contribution is -2.17. The van der Waals surface area contributed by atoms with Crippen molar-refractivity contribution in [2.45, 2.75) is 57.8 Å². The first-order valence-electron chi connectivity index (χ1n) is 47.3. The zero-order valence-electron chi connectivity index (χ0n) is 77.1. The Bertz CT molecular complexity index is 8470. The van der Waals surface area contributed by atoms with E-state index in [4.69, 9.17) is 29.9 Å². The summed E-state index contributed by atoms with van der Waals surface area (Å²) >= 11 is 0. The van der Waals surface area contributed by atoms with Crippen LogP contribution in [0, 0.1) is 0 Å². The van der Waals surface area contributed by atoms with Gasteiger partial charge in [-0.3, -0.25) is 9.97 Å². The third-order valence-electron chi connectivity index (χ3n) is 28.5. The standard InChI is InChI=1S/C43H31N3.2C42H30N4/c1-43(2)36-23-9-6-22-35(36)41-39(43)40(44-42(45-41)31-18-12-16-29(26-31)28-14-4-3-5-15-28)30-17-13-19-32(27-30)46-37-24-10-7-20-33(37)34-21-8-11-25-38(34)46;1-42(2)35-17-6-3-16-34(35)40-38(42)39(44-41(45-40)28-22-20-27(21-23-28)30-12-10-24-43-26-30)29-11-9-13-31(25-29)46-36-18-7-4-14-32(36)33-15-5-8-19-37(33)46;1-42(2)34-17-6-3-16-33(34)40-38(42)39(44-41(45-40)28-23-21-27(22-24-28)35-18-9-10-25-43-35)29-12-11-13-30(26-29)46-36-19-7-4-14-31(36)32-15-5-8-20-37(32)46/h3-27H,1-2H3;2*3-26H,1-2H3. The third-order valence-corrected chi connectivity index (χ3v) is 28.5. The lowest BCUT2D eigenvalue weighted by atomic mass is 9.80. The molecule has 0 aliphatic heterocycles. The van der Waals surface area contributed by atoms with Gasteiger partial charge in [0.2, 0.25) is 0 Å². The highest BCUT2D eigenvalue weighted by Crippen LogP contribution is 2.56. The number of para-hydroxylation sites is 6. The SMILES string of the molecule is CC1(C)c2ccccc2-c2nc(-c3ccc(-c4ccccn4)cc3)nc(-c3cccc(-n4c5ccccc5c5ccccc54)c3)c21.CC1(C)c2ccccc2-c2nc(-c3ccc(-c4cccnc4)cc3)nc(-c3cccc(-n4c5ccccc5c5ccccc54)c3)c21.CC1(C)c2ccccc2-c2nc(-c3cccc(-c4ccccc4)c3)nc(-c3cccc(-n4c5ccccc5c5ccccc54)c3)c21. The van der Waals surface area contributed by atoms with E-state index in [0.717, 1.165) is 130 Å². The summed E-state index contributed by atoms with van der Waals surface area (Å²) in [4.78, 5) is 40.9. The molecule has 8 heterocycles. The van der Waals surface area contributed by atoms with E-state index >= 15 is 0 Å². The minimum absolute atomic E-state index is 0.255. The van der Waals surface area contributed by atoms with Crippen LogP contribution >= 0.6 is 0 Å². The van der Waals surface area contributed by atoms with Crippen LogP contribution in [0.25, 0.3) is 218 Å². The van der Waals surface area contributed by atoms with Gasteiger partial charge in [-0.1, -0.05) is 369 Å². The molecule has 11 heteroatoms. The monoisotopic (exact) mass is 1770 g/mol. The fourth-order valence-electron chi connectivity index (χ4n) is 22.0. The highest BCUT2D eigenvalue weighted by molar-refractivity contribution is 6.12. The Morgan fingerprint density at radius 1 is 0.196 bits per heavy atom. The number of benzene rings is 16. The molecule has 8 aromatic heterocycles. The maximum absolute atomic E-state index is 5.43. The lowest BCUT2D eigenvalue weighted by Gasteiger charge is -2.24. The van der Waals surface area contributed by atoms with Crippen molar-refractivity contribution in [3.05, 3.63) is 477 Å². The molecule has 0 saturated carbocycles. The van der Waals surface area contributed by atoms with E-state index in [1.165, 1.54) is 121 Å². The summed E-state index contributed by atoms with van der Waals surface area (Å²) in [6.07, 6.45) is 5.52. The molecular weight excluding hydrogens is 1680 g/mol. The van der Waals surface area contributed by atoms with Gasteiger partial charge >= 0.3 is 0 Å². The first-order chi connectivity index (χ1) is 67.7. The van der Waals surface area contributed by atoms with E-state index < -0.39 is 0 Å². The van der Waals surface area contributed by atoms with Gasteiger partial charge in [0, 0.05) is 157 Å². The molecule has 3 aliphatic carbocycles. The summed E-state index contributed by atoms with van der Waals surface area (Å²) in [6, 6.07) is 150. The van der Waals surface area contributed by atoms with Gasteiger partial charge in [-0.2, -0.15) is 0 Å². The van der Waals surface area contributed by atoms with Crippen LogP contribution in [-0.2, 0) is 16.2 Å². The van der Waals surface area contributed by atoms with Gasteiger partial charge in [0.25, 0.3) is 0 Å². The zero-order valence-corrected chi connectivity index (χ0v) is 77.1. The van der Waals surface area contributed by atoms with Crippen LogP contribution in [0.15, 0.2) is 443 Å². The van der Waals surface area contributed by atoms with Crippen molar-refractivity contribution in [1.29, 1.82) is 0 Å². The minimum Gasteiger partial charge on any atom is -0.309 e. The predicted octanol–water partition coefficient (Wildman–Crippen LogP) is 31.4. The molecule has 0 spiro atoms. The molecule has 3 aliphatic rings. The van der Waals surface area contributed by atoms with E-state index in [9.17, 15) is 0 Å². The lowest BCUT2D eigenvalue weighted by molar-refractivity contribution is 0.657. The second kappa shape index (κ2) is 33.0. The highest BCUT2D eigenvalue weighted by Gasteiger charge is 2.44. The second-order valence-corrected chi connectivity index (χ2v) is 37.7. The molecule has 138 heavy (non-hydrogen) atoms. The molecule has 0 radical (unpaired) electrons. The average Bonchev–Trinajstić information content (AvgIpc) is 1.56. The molecule has 0 atom stereocenters. The Balaban J connectivity index is 0.000000110. The Hall–Kier alpha value is -17.5. The maximum Gasteiger partial charge on any atom is 0.160 e. The second-order valence-electron chi connectivity index (χ2n) is 37.7. The third kappa shape index (κ3) is 13.7. The van der Waals surface area contributed by atoms with Crippen LogP contribution in [0.4, 0.5) is 0 Å². The molecule has 0 saturated heterocycles. The van der Waals surface area contributed by atoms with Crippen molar-refractivity contribution in [2.24, 2.45) is 0 Å². The van der Waals surface area contributed by atoms with Crippen LogP contribution in [0.5, 0.6) is 0 Å². The van der Waals surface area contributed by atoms with Crippen molar-refractivity contribution in [3.8, 4) is 152 Å². The van der Waals surface area contributed by atoms with Gasteiger partial charge in [0.15, 0.2) is 17.5 Å².